The summed E-state index contributed by atoms with van der Waals surface area (Å²) in [6.07, 6.45) is 13.4. The van der Waals surface area contributed by atoms with Crippen molar-refractivity contribution in [1.82, 2.24) is 0 Å². The second-order valence-electron chi connectivity index (χ2n) is 18.7. The first-order valence-corrected chi connectivity index (χ1v) is 24.7. The molecule has 11 aromatic rings. The molecule has 0 heterocycles. The number of para-hydroxylation sites is 2. The monoisotopic (exact) mass is 894 g/mol. The van der Waals surface area contributed by atoms with Gasteiger partial charge in [0.25, 0.3) is 0 Å². The third kappa shape index (κ3) is 7.46. The van der Waals surface area contributed by atoms with Crippen molar-refractivity contribution in [3.05, 3.63) is 271 Å². The zero-order valence-corrected chi connectivity index (χ0v) is 39.0. The molecule has 0 bridgehead atoms. The summed E-state index contributed by atoms with van der Waals surface area (Å²) in [7, 11) is 0. The van der Waals surface area contributed by atoms with Gasteiger partial charge in [-0.15, -0.1) is 0 Å². The molecule has 0 fully saturated rings. The number of nitrogens with zero attached hydrogens (tertiary/aromatic N) is 2. The number of allylic oxidation sites excluding steroid dienone is 5. The lowest BCUT2D eigenvalue weighted by atomic mass is 9.81. The molecule has 0 radical (unpaired) electrons. The minimum atomic E-state index is 0.919. The molecule has 11 aromatic carbocycles. The zero-order valence-electron chi connectivity index (χ0n) is 39.0. The topological polar surface area (TPSA) is 6.48 Å². The van der Waals surface area contributed by atoms with E-state index in [9.17, 15) is 0 Å². The predicted octanol–water partition coefficient (Wildman–Crippen LogP) is 19.1. The number of fused-ring (bicyclic) bond motifs is 5. The van der Waals surface area contributed by atoms with E-state index < -0.39 is 0 Å². The average Bonchev–Trinajstić information content (AvgIpc) is 3.43. The summed E-state index contributed by atoms with van der Waals surface area (Å²) in [5.74, 6) is 0. The van der Waals surface area contributed by atoms with Gasteiger partial charge in [0.1, 0.15) is 0 Å². The van der Waals surface area contributed by atoms with Crippen molar-refractivity contribution in [3.63, 3.8) is 0 Å². The zero-order chi connectivity index (χ0) is 46.4. The number of rotatable bonds is 9. The van der Waals surface area contributed by atoms with Crippen molar-refractivity contribution < 1.29 is 0 Å². The van der Waals surface area contributed by atoms with E-state index in [1.807, 2.05) is 0 Å². The maximum absolute atomic E-state index is 2.47. The number of anilines is 6. The number of aryl methyl sites for hydroxylation is 1. The number of benzene rings is 11. The second kappa shape index (κ2) is 17.7. The molecule has 0 unspecified atom stereocenters. The Hall–Kier alpha value is -8.72. The van der Waals surface area contributed by atoms with Gasteiger partial charge in [0, 0.05) is 34.1 Å². The van der Waals surface area contributed by atoms with Gasteiger partial charge in [-0.2, -0.15) is 0 Å². The van der Waals surface area contributed by atoms with Crippen molar-refractivity contribution in [2.45, 2.75) is 25.7 Å². The molecule has 0 saturated carbocycles. The highest BCUT2D eigenvalue weighted by Crippen LogP contribution is 2.49. The fourth-order valence-corrected chi connectivity index (χ4v) is 11.2. The molecule has 0 spiro atoms. The van der Waals surface area contributed by atoms with Crippen LogP contribution in [0.25, 0.3) is 71.4 Å². The van der Waals surface area contributed by atoms with Gasteiger partial charge in [-0.1, -0.05) is 182 Å². The molecule has 0 amide bonds. The van der Waals surface area contributed by atoms with E-state index in [4.69, 9.17) is 0 Å². The van der Waals surface area contributed by atoms with Crippen LogP contribution < -0.4 is 9.80 Å². The normalized spacial score (nSPS) is 13.3. The molecule has 2 nitrogen and oxygen atoms in total. The van der Waals surface area contributed by atoms with Crippen LogP contribution in [0, 0.1) is 0 Å². The van der Waals surface area contributed by atoms with E-state index in [1.54, 1.807) is 0 Å². The molecule has 0 N–H and O–H groups in total. The van der Waals surface area contributed by atoms with Crippen molar-refractivity contribution >= 4 is 94.4 Å². The van der Waals surface area contributed by atoms with Gasteiger partial charge in [0.15, 0.2) is 0 Å². The van der Waals surface area contributed by atoms with Crippen LogP contribution in [-0.4, -0.2) is 0 Å². The Labute approximate surface area is 410 Å². The molecule has 0 aromatic heterocycles. The Balaban J connectivity index is 1.08. The van der Waals surface area contributed by atoms with Gasteiger partial charge in [0.05, 0.1) is 0 Å². The molecule has 0 aliphatic heterocycles. The van der Waals surface area contributed by atoms with E-state index in [1.165, 1.54) is 93.3 Å². The van der Waals surface area contributed by atoms with Gasteiger partial charge in [-0.05, 0) is 186 Å². The van der Waals surface area contributed by atoms with Crippen molar-refractivity contribution in [2.24, 2.45) is 0 Å². The van der Waals surface area contributed by atoms with Crippen molar-refractivity contribution in [3.8, 4) is 11.1 Å². The molecule has 2 aliphatic carbocycles. The van der Waals surface area contributed by atoms with Crippen LogP contribution in [0.5, 0.6) is 0 Å². The Morgan fingerprint density at radius 3 is 1.57 bits per heavy atom. The summed E-state index contributed by atoms with van der Waals surface area (Å²) in [4.78, 5) is 4.87. The molecule has 0 saturated heterocycles. The van der Waals surface area contributed by atoms with Crippen LogP contribution in [0.3, 0.4) is 0 Å². The number of hydrogen-bond donors (Lipinski definition) is 0. The van der Waals surface area contributed by atoms with E-state index in [-0.39, 0.29) is 0 Å². The fraction of sp³-hybridized carbons (Fsp3) is 0.0588. The quantitative estimate of drug-likeness (QED) is 0.133. The predicted molar refractivity (Wildman–Crippen MR) is 300 cm³/mol. The van der Waals surface area contributed by atoms with E-state index >= 15 is 0 Å². The summed E-state index contributed by atoms with van der Waals surface area (Å²) in [5, 5.41) is 10.00. The highest BCUT2D eigenvalue weighted by Gasteiger charge is 2.24. The van der Waals surface area contributed by atoms with Gasteiger partial charge < -0.3 is 9.80 Å². The first-order chi connectivity index (χ1) is 34.7. The Morgan fingerprint density at radius 1 is 0.314 bits per heavy atom. The maximum atomic E-state index is 2.47. The maximum Gasteiger partial charge on any atom is 0.0468 e. The molecular weight excluding hydrogens is 845 g/mol. The lowest BCUT2D eigenvalue weighted by Crippen LogP contribution is -2.11. The van der Waals surface area contributed by atoms with Crippen LogP contribution >= 0.6 is 0 Å². The Morgan fingerprint density at radius 2 is 0.857 bits per heavy atom. The smallest absolute Gasteiger partial charge is 0.0468 e. The van der Waals surface area contributed by atoms with Crippen LogP contribution in [0.2, 0.25) is 0 Å². The standard InChI is InChI=1S/C68H50N2/c1-4-20-51(21-5-1)67-63-41-39-60(70(56-27-8-3-9-28-56)58-38-36-48-18-11-13-23-54(48)44-58)46-66(63)68(52-33-31-50(32-34-52)62-30-16-24-49-19-14-15-29-61(49)62)64-42-40-59(45-65(64)67)69(55-25-6-2-7-26-55)57-37-35-47-17-10-12-22-53(47)43-57/h1-11,13-21,23-31,33,35-46H,12,22,32,34H2. The first-order valence-electron chi connectivity index (χ1n) is 24.7. The summed E-state index contributed by atoms with van der Waals surface area (Å²) in [5.41, 5.74) is 17.3. The minimum Gasteiger partial charge on any atom is -0.310 e. The SMILES string of the molecule is C1=Cc2ccc(N(c3ccccc3)c3ccc4c(C5=CC=C(c6cccc7ccccc67)CC5)c5cc(N(c6ccccc6)c6ccc7ccccc7c6)ccc5c(-c5ccccc5)c4c3)cc2CC1. The third-order valence-corrected chi connectivity index (χ3v) is 14.6. The van der Waals surface area contributed by atoms with E-state index in [0.29, 0.717) is 0 Å². The van der Waals surface area contributed by atoms with Gasteiger partial charge >= 0.3 is 0 Å². The van der Waals surface area contributed by atoms with Crippen molar-refractivity contribution in [1.29, 1.82) is 0 Å². The third-order valence-electron chi connectivity index (χ3n) is 14.6. The fourth-order valence-electron chi connectivity index (χ4n) is 11.2. The molecule has 13 rings (SSSR count). The van der Waals surface area contributed by atoms with Crippen molar-refractivity contribution in [2.75, 3.05) is 9.80 Å². The highest BCUT2D eigenvalue weighted by molar-refractivity contribution is 6.20. The first kappa shape index (κ1) is 41.5. The largest absolute Gasteiger partial charge is 0.310 e. The summed E-state index contributed by atoms with van der Waals surface area (Å²) in [6.45, 7) is 0. The van der Waals surface area contributed by atoms with Crippen LogP contribution in [-0.2, 0) is 6.42 Å². The molecule has 332 valence electrons. The van der Waals surface area contributed by atoms with E-state index in [0.717, 1.165) is 54.1 Å². The molecular formula is C68H50N2. The van der Waals surface area contributed by atoms with Gasteiger partial charge in [0.2, 0.25) is 0 Å². The lowest BCUT2D eigenvalue weighted by Gasteiger charge is -2.29. The summed E-state index contributed by atoms with van der Waals surface area (Å²) < 4.78 is 0. The number of hydrogen-bond acceptors (Lipinski definition) is 2. The molecule has 2 heteroatoms. The van der Waals surface area contributed by atoms with Gasteiger partial charge in [-0.25, -0.2) is 0 Å². The summed E-state index contributed by atoms with van der Waals surface area (Å²) in [6, 6.07) is 85.2. The molecule has 0 atom stereocenters. The summed E-state index contributed by atoms with van der Waals surface area (Å²) >= 11 is 0. The van der Waals surface area contributed by atoms with E-state index in [2.05, 4.69) is 265 Å². The molecule has 2 aliphatic rings. The Kier molecular flexibility index (Phi) is 10.5. The highest BCUT2D eigenvalue weighted by atomic mass is 15.1. The molecule has 70 heavy (non-hydrogen) atoms. The minimum absolute atomic E-state index is 0.919. The lowest BCUT2D eigenvalue weighted by molar-refractivity contribution is 0.984. The van der Waals surface area contributed by atoms with Crippen LogP contribution in [0.4, 0.5) is 34.1 Å². The Bertz CT molecular complexity index is 3880. The average molecular weight is 895 g/mol. The van der Waals surface area contributed by atoms with Crippen LogP contribution in [0.1, 0.15) is 41.5 Å². The van der Waals surface area contributed by atoms with Gasteiger partial charge in [-0.3, -0.25) is 0 Å². The van der Waals surface area contributed by atoms with Crippen LogP contribution in [0.15, 0.2) is 249 Å². The second-order valence-corrected chi connectivity index (χ2v) is 18.7.